The van der Waals surface area contributed by atoms with Gasteiger partial charge in [0.2, 0.25) is 5.91 Å². The number of carbonyl (C=O) groups excluding carboxylic acids is 1. The van der Waals surface area contributed by atoms with Gasteiger partial charge in [-0.1, -0.05) is 18.0 Å². The summed E-state index contributed by atoms with van der Waals surface area (Å²) in [4.78, 5) is 11.0. The first-order valence-electron chi connectivity index (χ1n) is 6.23. The maximum atomic E-state index is 11.0. The molecule has 0 bridgehead atoms. The molecule has 4 nitrogen and oxygen atoms in total. The summed E-state index contributed by atoms with van der Waals surface area (Å²) in [6, 6.07) is 5.49. The number of rotatable bonds is 3. The van der Waals surface area contributed by atoms with Gasteiger partial charge in [0.15, 0.2) is 0 Å². The second-order valence-electron chi connectivity index (χ2n) is 4.60. The van der Waals surface area contributed by atoms with Gasteiger partial charge in [0.1, 0.15) is 0 Å². The van der Waals surface area contributed by atoms with E-state index in [1.807, 2.05) is 6.07 Å². The Morgan fingerprint density at radius 1 is 1.44 bits per heavy atom. The standard InChI is InChI=1S/C13H18ClN3O/c14-11-7-9(13(15)18)4-5-12(11)17-10-3-1-2-6-16-8-10/h4-5,7,10,16-17H,1-3,6,8H2,(H2,15,18). The molecule has 1 unspecified atom stereocenters. The molecule has 4 N–H and O–H groups in total. The highest BCUT2D eigenvalue weighted by atomic mass is 35.5. The third-order valence-corrected chi connectivity index (χ3v) is 3.47. The second-order valence-corrected chi connectivity index (χ2v) is 5.01. The van der Waals surface area contributed by atoms with Crippen LogP contribution in [0.1, 0.15) is 29.6 Å². The van der Waals surface area contributed by atoms with Crippen LogP contribution in [0.25, 0.3) is 0 Å². The molecule has 1 aliphatic rings. The van der Waals surface area contributed by atoms with Crippen molar-refractivity contribution in [1.82, 2.24) is 5.32 Å². The fraction of sp³-hybridized carbons (Fsp3) is 0.462. The van der Waals surface area contributed by atoms with Gasteiger partial charge < -0.3 is 16.4 Å². The van der Waals surface area contributed by atoms with Crippen LogP contribution in [0.4, 0.5) is 5.69 Å². The zero-order chi connectivity index (χ0) is 13.0. The predicted molar refractivity (Wildman–Crippen MR) is 74.1 cm³/mol. The van der Waals surface area contributed by atoms with Crippen LogP contribution in [0.2, 0.25) is 5.02 Å². The third kappa shape index (κ3) is 3.37. The molecule has 2 rings (SSSR count). The van der Waals surface area contributed by atoms with Crippen LogP contribution in [-0.4, -0.2) is 25.0 Å². The van der Waals surface area contributed by atoms with Crippen LogP contribution in [0.15, 0.2) is 18.2 Å². The van der Waals surface area contributed by atoms with Crippen LogP contribution in [0.3, 0.4) is 0 Å². The highest BCUT2D eigenvalue weighted by molar-refractivity contribution is 6.33. The van der Waals surface area contributed by atoms with Crippen molar-refractivity contribution in [2.45, 2.75) is 25.3 Å². The van der Waals surface area contributed by atoms with Crippen molar-refractivity contribution in [2.75, 3.05) is 18.4 Å². The van der Waals surface area contributed by atoms with Gasteiger partial charge in [-0.2, -0.15) is 0 Å². The molecule has 1 aromatic rings. The maximum Gasteiger partial charge on any atom is 0.248 e. The molecule has 1 aromatic carbocycles. The molecular formula is C13H18ClN3O. The van der Waals surface area contributed by atoms with Crippen LogP contribution >= 0.6 is 11.6 Å². The van der Waals surface area contributed by atoms with E-state index in [4.69, 9.17) is 17.3 Å². The lowest BCUT2D eigenvalue weighted by atomic mass is 10.1. The summed E-state index contributed by atoms with van der Waals surface area (Å²) in [7, 11) is 0. The van der Waals surface area contributed by atoms with Crippen LogP contribution in [-0.2, 0) is 0 Å². The SMILES string of the molecule is NC(=O)c1ccc(NC2CCCCNC2)c(Cl)c1. The number of amides is 1. The summed E-state index contributed by atoms with van der Waals surface area (Å²) in [5, 5.41) is 7.33. The second kappa shape index (κ2) is 6.07. The molecule has 1 heterocycles. The van der Waals surface area contributed by atoms with Gasteiger partial charge in [0, 0.05) is 18.2 Å². The van der Waals surface area contributed by atoms with Gasteiger partial charge in [-0.25, -0.2) is 0 Å². The molecule has 1 fully saturated rings. The number of nitrogens with two attached hydrogens (primary N) is 1. The molecule has 0 spiro atoms. The summed E-state index contributed by atoms with van der Waals surface area (Å²) >= 11 is 6.14. The Hall–Kier alpha value is -1.26. The molecule has 1 aliphatic heterocycles. The first-order valence-corrected chi connectivity index (χ1v) is 6.61. The van der Waals surface area contributed by atoms with Gasteiger partial charge >= 0.3 is 0 Å². The Labute approximate surface area is 112 Å². The van der Waals surface area contributed by atoms with Crippen molar-refractivity contribution in [3.8, 4) is 0 Å². The number of hydrogen-bond donors (Lipinski definition) is 3. The van der Waals surface area contributed by atoms with Gasteiger partial charge in [0.25, 0.3) is 0 Å². The van der Waals surface area contributed by atoms with Crippen LogP contribution in [0.5, 0.6) is 0 Å². The van der Waals surface area contributed by atoms with Crippen molar-refractivity contribution in [3.63, 3.8) is 0 Å². The van der Waals surface area contributed by atoms with Crippen molar-refractivity contribution in [3.05, 3.63) is 28.8 Å². The van der Waals surface area contributed by atoms with Crippen LogP contribution < -0.4 is 16.4 Å². The van der Waals surface area contributed by atoms with Gasteiger partial charge in [-0.3, -0.25) is 4.79 Å². The molecule has 1 saturated heterocycles. The zero-order valence-electron chi connectivity index (χ0n) is 10.2. The largest absolute Gasteiger partial charge is 0.380 e. The number of halogens is 1. The van der Waals surface area contributed by atoms with Gasteiger partial charge in [-0.15, -0.1) is 0 Å². The number of anilines is 1. The fourth-order valence-electron chi connectivity index (χ4n) is 2.15. The quantitative estimate of drug-likeness (QED) is 0.785. The molecular weight excluding hydrogens is 250 g/mol. The van der Waals surface area contributed by atoms with E-state index in [9.17, 15) is 4.79 Å². The minimum Gasteiger partial charge on any atom is -0.380 e. The molecule has 1 atom stereocenters. The Morgan fingerprint density at radius 2 is 2.28 bits per heavy atom. The van der Waals surface area contributed by atoms with Gasteiger partial charge in [0.05, 0.1) is 10.7 Å². The molecule has 5 heteroatoms. The molecule has 18 heavy (non-hydrogen) atoms. The first kappa shape index (κ1) is 13.2. The minimum atomic E-state index is -0.459. The number of hydrogen-bond acceptors (Lipinski definition) is 3. The molecule has 1 amide bonds. The average Bonchev–Trinajstić information content (AvgIpc) is 2.60. The Bertz CT molecular complexity index is 428. The number of nitrogens with one attached hydrogen (secondary N) is 2. The predicted octanol–water partition coefficient (Wildman–Crippen LogP) is 1.99. The number of benzene rings is 1. The van der Waals surface area contributed by atoms with Crippen LogP contribution in [0, 0.1) is 0 Å². The minimum absolute atomic E-state index is 0.379. The zero-order valence-corrected chi connectivity index (χ0v) is 11.0. The topological polar surface area (TPSA) is 67.2 Å². The molecule has 0 aromatic heterocycles. The van der Waals surface area contributed by atoms with E-state index in [1.165, 1.54) is 12.8 Å². The maximum absolute atomic E-state index is 11.0. The summed E-state index contributed by atoms with van der Waals surface area (Å²) < 4.78 is 0. The lowest BCUT2D eigenvalue weighted by Crippen LogP contribution is -2.31. The Balaban J connectivity index is 2.06. The molecule has 98 valence electrons. The van der Waals surface area contributed by atoms with E-state index in [-0.39, 0.29) is 0 Å². The molecule has 0 aliphatic carbocycles. The normalized spacial score (nSPS) is 20.2. The van der Waals surface area contributed by atoms with Crippen molar-refractivity contribution >= 4 is 23.2 Å². The van der Waals surface area contributed by atoms with E-state index in [0.29, 0.717) is 16.6 Å². The van der Waals surface area contributed by atoms with Crippen molar-refractivity contribution < 1.29 is 4.79 Å². The van der Waals surface area contributed by atoms with Crippen molar-refractivity contribution in [2.24, 2.45) is 5.73 Å². The molecule has 0 saturated carbocycles. The number of carbonyl (C=O) groups is 1. The Morgan fingerprint density at radius 3 is 3.00 bits per heavy atom. The smallest absolute Gasteiger partial charge is 0.248 e. The van der Waals surface area contributed by atoms with E-state index < -0.39 is 5.91 Å². The molecule has 0 radical (unpaired) electrons. The summed E-state index contributed by atoms with van der Waals surface area (Å²) in [6.07, 6.45) is 3.55. The van der Waals surface area contributed by atoms with Crippen molar-refractivity contribution in [1.29, 1.82) is 0 Å². The number of primary amides is 1. The summed E-state index contributed by atoms with van der Waals surface area (Å²) in [5.41, 5.74) is 6.50. The summed E-state index contributed by atoms with van der Waals surface area (Å²) in [6.45, 7) is 2.01. The lowest BCUT2D eigenvalue weighted by molar-refractivity contribution is 0.100. The van der Waals surface area contributed by atoms with E-state index in [1.54, 1.807) is 12.1 Å². The fourth-order valence-corrected chi connectivity index (χ4v) is 2.38. The highest BCUT2D eigenvalue weighted by Crippen LogP contribution is 2.24. The average molecular weight is 268 g/mol. The monoisotopic (exact) mass is 267 g/mol. The Kier molecular flexibility index (Phi) is 4.44. The van der Waals surface area contributed by atoms with E-state index in [0.717, 1.165) is 25.2 Å². The van der Waals surface area contributed by atoms with E-state index >= 15 is 0 Å². The third-order valence-electron chi connectivity index (χ3n) is 3.16. The van der Waals surface area contributed by atoms with E-state index in [2.05, 4.69) is 10.6 Å². The lowest BCUT2D eigenvalue weighted by Gasteiger charge is -2.18. The highest BCUT2D eigenvalue weighted by Gasteiger charge is 2.13. The summed E-state index contributed by atoms with van der Waals surface area (Å²) in [5.74, 6) is -0.459. The first-order chi connectivity index (χ1) is 8.66. The van der Waals surface area contributed by atoms with Gasteiger partial charge in [-0.05, 0) is 37.6 Å².